The Hall–Kier alpha value is -0.340. The lowest BCUT2D eigenvalue weighted by Gasteiger charge is -2.14. The van der Waals surface area contributed by atoms with Crippen molar-refractivity contribution in [2.45, 2.75) is 19.1 Å². The first-order valence-electron chi connectivity index (χ1n) is 4.08. The van der Waals surface area contributed by atoms with E-state index in [-0.39, 0.29) is 5.25 Å². The first-order chi connectivity index (χ1) is 6.06. The van der Waals surface area contributed by atoms with E-state index in [0.717, 1.165) is 21.9 Å². The number of hydrogen-bond acceptors (Lipinski definition) is 2. The number of hydrogen-bond donors (Lipinski definition) is 1. The molecule has 1 unspecified atom stereocenters. The van der Waals surface area contributed by atoms with Gasteiger partial charge in [-0.15, -0.1) is 0 Å². The van der Waals surface area contributed by atoms with Crippen molar-refractivity contribution in [2.24, 2.45) is 0 Å². The number of rotatable bonds is 2. The molecule has 1 aromatic rings. The predicted molar refractivity (Wildman–Crippen MR) is 60.1 cm³/mol. The Morgan fingerprint density at radius 2 is 2.08 bits per heavy atom. The molecule has 1 rings (SSSR count). The van der Waals surface area contributed by atoms with Gasteiger partial charge in [-0.05, 0) is 31.5 Å². The van der Waals surface area contributed by atoms with Crippen LogP contribution < -0.4 is 4.74 Å². The van der Waals surface area contributed by atoms with E-state index in [9.17, 15) is 0 Å². The smallest absolute Gasteiger partial charge is 0.126 e. The topological polar surface area (TPSA) is 9.23 Å². The first kappa shape index (κ1) is 10.7. The predicted octanol–water partition coefficient (Wildman–Crippen LogP) is 3.65. The standard InChI is InChI=1S/C10H13ClOS/c1-6-4-8(11)5-9(7(2)13)10(6)12-3/h4-5,7,13H,1-3H3. The number of methoxy groups -OCH3 is 1. The third-order valence-electron chi connectivity index (χ3n) is 1.92. The van der Waals surface area contributed by atoms with Gasteiger partial charge in [0.15, 0.2) is 0 Å². The number of aryl methyl sites for hydroxylation is 1. The summed E-state index contributed by atoms with van der Waals surface area (Å²) in [5, 5.41) is 0.863. The Balaban J connectivity index is 3.29. The first-order valence-corrected chi connectivity index (χ1v) is 4.97. The quantitative estimate of drug-likeness (QED) is 0.743. The molecule has 0 radical (unpaired) electrons. The molecule has 0 amide bonds. The summed E-state index contributed by atoms with van der Waals surface area (Å²) in [5.41, 5.74) is 2.08. The van der Waals surface area contributed by atoms with Crippen LogP contribution in [0.1, 0.15) is 23.3 Å². The van der Waals surface area contributed by atoms with Crippen LogP contribution in [0.4, 0.5) is 0 Å². The van der Waals surface area contributed by atoms with Crippen molar-refractivity contribution in [1.82, 2.24) is 0 Å². The zero-order chi connectivity index (χ0) is 10.0. The minimum Gasteiger partial charge on any atom is -0.496 e. The average Bonchev–Trinajstić information content (AvgIpc) is 2.02. The van der Waals surface area contributed by atoms with Gasteiger partial charge in [-0.3, -0.25) is 0 Å². The molecule has 0 N–H and O–H groups in total. The highest BCUT2D eigenvalue weighted by Gasteiger charge is 2.11. The SMILES string of the molecule is COc1c(C)cc(Cl)cc1C(C)S. The van der Waals surface area contributed by atoms with Crippen LogP contribution in [0.5, 0.6) is 5.75 Å². The molecule has 1 atom stereocenters. The van der Waals surface area contributed by atoms with Crippen molar-refractivity contribution < 1.29 is 4.74 Å². The van der Waals surface area contributed by atoms with Crippen molar-refractivity contribution in [2.75, 3.05) is 7.11 Å². The van der Waals surface area contributed by atoms with Crippen LogP contribution in [-0.4, -0.2) is 7.11 Å². The molecule has 72 valence electrons. The highest BCUT2D eigenvalue weighted by molar-refractivity contribution is 7.80. The van der Waals surface area contributed by atoms with Crippen LogP contribution in [0.3, 0.4) is 0 Å². The van der Waals surface area contributed by atoms with Crippen molar-refractivity contribution >= 4 is 24.2 Å². The largest absolute Gasteiger partial charge is 0.496 e. The van der Waals surface area contributed by atoms with Crippen LogP contribution in [0.15, 0.2) is 12.1 Å². The molecular weight excluding hydrogens is 204 g/mol. The summed E-state index contributed by atoms with van der Waals surface area (Å²) < 4.78 is 5.28. The third kappa shape index (κ3) is 2.32. The molecule has 0 saturated carbocycles. The van der Waals surface area contributed by atoms with Crippen molar-refractivity contribution in [3.8, 4) is 5.75 Å². The molecular formula is C10H13ClOS. The highest BCUT2D eigenvalue weighted by atomic mass is 35.5. The number of ether oxygens (including phenoxy) is 1. The van der Waals surface area contributed by atoms with Gasteiger partial charge in [0.2, 0.25) is 0 Å². The second-order valence-corrected chi connectivity index (χ2v) is 4.23. The summed E-state index contributed by atoms with van der Waals surface area (Å²) in [7, 11) is 1.66. The van der Waals surface area contributed by atoms with E-state index < -0.39 is 0 Å². The lowest BCUT2D eigenvalue weighted by Crippen LogP contribution is -1.95. The third-order valence-corrected chi connectivity index (χ3v) is 2.42. The molecule has 3 heteroatoms. The lowest BCUT2D eigenvalue weighted by molar-refractivity contribution is 0.407. The minimum absolute atomic E-state index is 0.132. The molecule has 1 aromatic carbocycles. The summed E-state index contributed by atoms with van der Waals surface area (Å²) in [6.45, 7) is 3.97. The Bertz CT molecular complexity index is 310. The van der Waals surface area contributed by atoms with E-state index in [2.05, 4.69) is 12.6 Å². The molecule has 0 aliphatic carbocycles. The molecule has 0 aromatic heterocycles. The molecule has 0 fully saturated rings. The fraction of sp³-hybridized carbons (Fsp3) is 0.400. The zero-order valence-corrected chi connectivity index (χ0v) is 9.62. The molecule has 0 aliphatic heterocycles. The number of halogens is 1. The van der Waals surface area contributed by atoms with Crippen LogP contribution in [0, 0.1) is 6.92 Å². The van der Waals surface area contributed by atoms with E-state index in [1.807, 2.05) is 26.0 Å². The molecule has 0 heterocycles. The van der Waals surface area contributed by atoms with Gasteiger partial charge in [0.1, 0.15) is 5.75 Å². The Morgan fingerprint density at radius 3 is 2.54 bits per heavy atom. The molecule has 0 bridgehead atoms. The monoisotopic (exact) mass is 216 g/mol. The maximum absolute atomic E-state index is 5.93. The van der Waals surface area contributed by atoms with Gasteiger partial charge in [0.05, 0.1) is 7.11 Å². The molecule has 0 aliphatic rings. The van der Waals surface area contributed by atoms with Crippen molar-refractivity contribution in [3.63, 3.8) is 0 Å². The van der Waals surface area contributed by atoms with Gasteiger partial charge in [0, 0.05) is 15.8 Å². The van der Waals surface area contributed by atoms with Crippen molar-refractivity contribution in [1.29, 1.82) is 0 Å². The number of benzene rings is 1. The Kier molecular flexibility index (Phi) is 3.51. The van der Waals surface area contributed by atoms with Gasteiger partial charge in [0.25, 0.3) is 0 Å². The minimum atomic E-state index is 0.132. The highest BCUT2D eigenvalue weighted by Crippen LogP contribution is 2.34. The second-order valence-electron chi connectivity index (χ2n) is 3.02. The van der Waals surface area contributed by atoms with E-state index in [1.165, 1.54) is 0 Å². The van der Waals surface area contributed by atoms with Crippen LogP contribution in [0.2, 0.25) is 5.02 Å². The zero-order valence-electron chi connectivity index (χ0n) is 7.97. The molecule has 0 saturated heterocycles. The summed E-state index contributed by atoms with van der Waals surface area (Å²) in [6, 6.07) is 3.78. The average molecular weight is 217 g/mol. The van der Waals surface area contributed by atoms with E-state index in [0.29, 0.717) is 0 Å². The summed E-state index contributed by atoms with van der Waals surface area (Å²) in [4.78, 5) is 0. The van der Waals surface area contributed by atoms with Gasteiger partial charge >= 0.3 is 0 Å². The second kappa shape index (κ2) is 4.25. The van der Waals surface area contributed by atoms with Crippen molar-refractivity contribution in [3.05, 3.63) is 28.3 Å². The van der Waals surface area contributed by atoms with E-state index >= 15 is 0 Å². The summed E-state index contributed by atoms with van der Waals surface area (Å²) >= 11 is 10.3. The van der Waals surface area contributed by atoms with Gasteiger partial charge < -0.3 is 4.74 Å². The molecule has 13 heavy (non-hydrogen) atoms. The molecule has 1 nitrogen and oxygen atoms in total. The lowest BCUT2D eigenvalue weighted by atomic mass is 10.1. The Morgan fingerprint density at radius 1 is 1.46 bits per heavy atom. The van der Waals surface area contributed by atoms with Crippen LogP contribution in [-0.2, 0) is 0 Å². The fourth-order valence-electron chi connectivity index (χ4n) is 1.34. The van der Waals surface area contributed by atoms with Gasteiger partial charge in [-0.1, -0.05) is 11.6 Å². The maximum Gasteiger partial charge on any atom is 0.126 e. The normalized spacial score (nSPS) is 12.7. The van der Waals surface area contributed by atoms with Crippen LogP contribution >= 0.6 is 24.2 Å². The van der Waals surface area contributed by atoms with Gasteiger partial charge in [-0.2, -0.15) is 12.6 Å². The summed E-state index contributed by atoms with van der Waals surface area (Å²) in [6.07, 6.45) is 0. The van der Waals surface area contributed by atoms with Crippen LogP contribution in [0.25, 0.3) is 0 Å². The van der Waals surface area contributed by atoms with E-state index in [4.69, 9.17) is 16.3 Å². The fourth-order valence-corrected chi connectivity index (χ4v) is 1.82. The maximum atomic E-state index is 5.93. The van der Waals surface area contributed by atoms with E-state index in [1.54, 1.807) is 7.11 Å². The van der Waals surface area contributed by atoms with Gasteiger partial charge in [-0.25, -0.2) is 0 Å². The molecule has 0 spiro atoms. The number of thiol groups is 1. The summed E-state index contributed by atoms with van der Waals surface area (Å²) in [5.74, 6) is 0.881. The Labute approximate surface area is 89.5 Å².